The standard InChI is InChI=1S/C9H18ClNO/c1-7(2)6-11(8(3)4)9(12)5-10/h7-8H,5-6H2,1-4H3. The smallest absolute Gasteiger partial charge is 0.237 e. The van der Waals surface area contributed by atoms with Gasteiger partial charge in [-0.25, -0.2) is 0 Å². The lowest BCUT2D eigenvalue weighted by molar-refractivity contribution is -0.130. The van der Waals surface area contributed by atoms with Crippen LogP contribution in [0.25, 0.3) is 0 Å². The third-order valence-electron chi connectivity index (χ3n) is 1.62. The molecule has 0 aromatic heterocycles. The maximum absolute atomic E-state index is 11.3. The molecule has 0 radical (unpaired) electrons. The Kier molecular flexibility index (Phi) is 5.31. The van der Waals surface area contributed by atoms with Gasteiger partial charge in [-0.1, -0.05) is 13.8 Å². The maximum atomic E-state index is 11.3. The highest BCUT2D eigenvalue weighted by molar-refractivity contribution is 6.27. The Morgan fingerprint density at radius 2 is 1.83 bits per heavy atom. The van der Waals surface area contributed by atoms with Gasteiger partial charge in [0.1, 0.15) is 5.88 Å². The summed E-state index contributed by atoms with van der Waals surface area (Å²) in [5.41, 5.74) is 0. The van der Waals surface area contributed by atoms with E-state index < -0.39 is 0 Å². The Labute approximate surface area is 79.9 Å². The van der Waals surface area contributed by atoms with Crippen molar-refractivity contribution >= 4 is 17.5 Å². The SMILES string of the molecule is CC(C)CN(C(=O)CCl)C(C)C. The highest BCUT2D eigenvalue weighted by Crippen LogP contribution is 2.05. The first kappa shape index (κ1) is 11.8. The van der Waals surface area contributed by atoms with Crippen LogP contribution in [0.3, 0.4) is 0 Å². The summed E-state index contributed by atoms with van der Waals surface area (Å²) in [4.78, 5) is 13.1. The summed E-state index contributed by atoms with van der Waals surface area (Å²) >= 11 is 5.48. The molecule has 0 aliphatic rings. The Morgan fingerprint density at radius 3 is 2.08 bits per heavy atom. The summed E-state index contributed by atoms with van der Waals surface area (Å²) < 4.78 is 0. The Bertz CT molecular complexity index is 145. The minimum absolute atomic E-state index is 0.0281. The van der Waals surface area contributed by atoms with Crippen molar-refractivity contribution in [2.24, 2.45) is 5.92 Å². The molecule has 0 bridgehead atoms. The molecule has 0 saturated carbocycles. The molecule has 0 heterocycles. The van der Waals surface area contributed by atoms with Crippen LogP contribution in [0, 0.1) is 5.92 Å². The number of alkyl halides is 1. The van der Waals surface area contributed by atoms with Crippen LogP contribution in [0.4, 0.5) is 0 Å². The van der Waals surface area contributed by atoms with E-state index in [1.54, 1.807) is 0 Å². The third-order valence-corrected chi connectivity index (χ3v) is 1.85. The second kappa shape index (κ2) is 5.41. The fourth-order valence-corrected chi connectivity index (χ4v) is 1.22. The summed E-state index contributed by atoms with van der Waals surface area (Å²) in [7, 11) is 0. The molecule has 0 aromatic rings. The van der Waals surface area contributed by atoms with Crippen LogP contribution in [0.5, 0.6) is 0 Å². The van der Waals surface area contributed by atoms with E-state index in [0.29, 0.717) is 5.92 Å². The normalized spacial score (nSPS) is 10.9. The Morgan fingerprint density at radius 1 is 1.33 bits per heavy atom. The first-order valence-corrected chi connectivity index (χ1v) is 4.88. The van der Waals surface area contributed by atoms with Crippen molar-refractivity contribution in [3.8, 4) is 0 Å². The second-order valence-corrected chi connectivity index (χ2v) is 3.93. The fraction of sp³-hybridized carbons (Fsp3) is 0.889. The molecule has 0 aliphatic heterocycles. The predicted octanol–water partition coefficient (Wildman–Crippen LogP) is 2.12. The van der Waals surface area contributed by atoms with E-state index in [4.69, 9.17) is 11.6 Å². The van der Waals surface area contributed by atoms with Gasteiger partial charge in [-0.3, -0.25) is 4.79 Å². The lowest BCUT2D eigenvalue weighted by Crippen LogP contribution is -2.40. The van der Waals surface area contributed by atoms with Crippen LogP contribution in [-0.2, 0) is 4.79 Å². The quantitative estimate of drug-likeness (QED) is 0.624. The van der Waals surface area contributed by atoms with E-state index in [1.807, 2.05) is 18.7 Å². The minimum Gasteiger partial charge on any atom is -0.339 e. The van der Waals surface area contributed by atoms with E-state index in [0.717, 1.165) is 6.54 Å². The van der Waals surface area contributed by atoms with Gasteiger partial charge in [-0.05, 0) is 19.8 Å². The minimum atomic E-state index is 0.0281. The van der Waals surface area contributed by atoms with Crippen molar-refractivity contribution < 1.29 is 4.79 Å². The van der Waals surface area contributed by atoms with E-state index in [2.05, 4.69) is 13.8 Å². The number of amides is 1. The molecule has 0 spiro atoms. The first-order chi connectivity index (χ1) is 5.49. The van der Waals surface area contributed by atoms with Crippen LogP contribution in [0.15, 0.2) is 0 Å². The fourth-order valence-electron chi connectivity index (χ4n) is 1.07. The molecule has 0 atom stereocenters. The van der Waals surface area contributed by atoms with Crippen molar-refractivity contribution in [1.29, 1.82) is 0 Å². The molecule has 3 heteroatoms. The van der Waals surface area contributed by atoms with E-state index >= 15 is 0 Å². The molecule has 0 saturated heterocycles. The molecule has 0 fully saturated rings. The van der Waals surface area contributed by atoms with Crippen LogP contribution in [0.1, 0.15) is 27.7 Å². The molecule has 0 aliphatic carbocycles. The highest BCUT2D eigenvalue weighted by Gasteiger charge is 2.16. The molecule has 0 N–H and O–H groups in total. The number of carbonyl (C=O) groups excluding carboxylic acids is 1. The lowest BCUT2D eigenvalue weighted by atomic mass is 10.2. The molecule has 72 valence electrons. The van der Waals surface area contributed by atoms with Gasteiger partial charge in [0.15, 0.2) is 0 Å². The van der Waals surface area contributed by atoms with Crippen molar-refractivity contribution in [2.75, 3.05) is 12.4 Å². The number of nitrogens with zero attached hydrogens (tertiary/aromatic N) is 1. The lowest BCUT2D eigenvalue weighted by Gasteiger charge is -2.27. The molecular weight excluding hydrogens is 174 g/mol. The van der Waals surface area contributed by atoms with Gasteiger partial charge >= 0.3 is 0 Å². The summed E-state index contributed by atoms with van der Waals surface area (Å²) in [5, 5.41) is 0. The van der Waals surface area contributed by atoms with Gasteiger partial charge < -0.3 is 4.90 Å². The van der Waals surface area contributed by atoms with Crippen molar-refractivity contribution in [3.05, 3.63) is 0 Å². The van der Waals surface area contributed by atoms with E-state index in [-0.39, 0.29) is 17.8 Å². The number of hydrogen-bond donors (Lipinski definition) is 0. The zero-order valence-corrected chi connectivity index (χ0v) is 9.06. The maximum Gasteiger partial charge on any atom is 0.237 e. The average molecular weight is 192 g/mol. The predicted molar refractivity (Wildman–Crippen MR) is 52.4 cm³/mol. The summed E-state index contributed by atoms with van der Waals surface area (Å²) in [6.45, 7) is 9.00. The first-order valence-electron chi connectivity index (χ1n) is 4.34. The Balaban J connectivity index is 4.13. The topological polar surface area (TPSA) is 20.3 Å². The number of rotatable bonds is 4. The molecule has 2 nitrogen and oxygen atoms in total. The number of carbonyl (C=O) groups is 1. The van der Waals surface area contributed by atoms with Crippen LogP contribution in [0.2, 0.25) is 0 Å². The molecule has 0 aromatic carbocycles. The second-order valence-electron chi connectivity index (χ2n) is 3.67. The van der Waals surface area contributed by atoms with E-state index in [1.165, 1.54) is 0 Å². The van der Waals surface area contributed by atoms with Crippen LogP contribution in [-0.4, -0.2) is 29.3 Å². The van der Waals surface area contributed by atoms with Gasteiger partial charge in [0.2, 0.25) is 5.91 Å². The molecular formula is C9H18ClNO. The zero-order chi connectivity index (χ0) is 9.72. The summed E-state index contributed by atoms with van der Waals surface area (Å²) in [5.74, 6) is 0.616. The number of halogens is 1. The molecule has 1 amide bonds. The van der Waals surface area contributed by atoms with Gasteiger partial charge in [-0.2, -0.15) is 0 Å². The number of hydrogen-bond acceptors (Lipinski definition) is 1. The van der Waals surface area contributed by atoms with Crippen LogP contribution < -0.4 is 0 Å². The molecule has 0 rings (SSSR count). The third kappa shape index (κ3) is 3.96. The Hall–Kier alpha value is -0.240. The van der Waals surface area contributed by atoms with Crippen molar-refractivity contribution in [2.45, 2.75) is 33.7 Å². The largest absolute Gasteiger partial charge is 0.339 e. The van der Waals surface area contributed by atoms with Crippen molar-refractivity contribution in [1.82, 2.24) is 4.90 Å². The van der Waals surface area contributed by atoms with Gasteiger partial charge in [0, 0.05) is 12.6 Å². The molecule has 0 unspecified atom stereocenters. The van der Waals surface area contributed by atoms with Gasteiger partial charge in [0.05, 0.1) is 0 Å². The molecule has 12 heavy (non-hydrogen) atoms. The summed E-state index contributed by atoms with van der Waals surface area (Å²) in [6.07, 6.45) is 0. The summed E-state index contributed by atoms with van der Waals surface area (Å²) in [6, 6.07) is 0.249. The van der Waals surface area contributed by atoms with Crippen LogP contribution >= 0.6 is 11.6 Å². The average Bonchev–Trinajstić information content (AvgIpc) is 1.98. The zero-order valence-electron chi connectivity index (χ0n) is 8.30. The van der Waals surface area contributed by atoms with E-state index in [9.17, 15) is 4.79 Å². The van der Waals surface area contributed by atoms with Gasteiger partial charge in [-0.15, -0.1) is 11.6 Å². The monoisotopic (exact) mass is 191 g/mol. The van der Waals surface area contributed by atoms with Crippen molar-refractivity contribution in [3.63, 3.8) is 0 Å². The highest BCUT2D eigenvalue weighted by atomic mass is 35.5. The van der Waals surface area contributed by atoms with Gasteiger partial charge in [0.25, 0.3) is 0 Å².